The van der Waals surface area contributed by atoms with E-state index in [-0.39, 0.29) is 10.6 Å². The number of fused-ring (bicyclic) bond motifs is 1. The maximum Gasteiger partial charge on any atom is 0.269 e. The quantitative estimate of drug-likeness (QED) is 0.337. The summed E-state index contributed by atoms with van der Waals surface area (Å²) in [7, 11) is -3.95. The minimum atomic E-state index is -3.95. The smallest absolute Gasteiger partial charge is 0.269 e. The van der Waals surface area contributed by atoms with E-state index in [1.165, 1.54) is 12.1 Å². The molecule has 3 aromatic carbocycles. The summed E-state index contributed by atoms with van der Waals surface area (Å²) in [6.07, 6.45) is 1.60. The van der Waals surface area contributed by atoms with E-state index in [1.54, 1.807) is 18.3 Å². The highest BCUT2D eigenvalue weighted by Gasteiger charge is 2.19. The van der Waals surface area contributed by atoms with Crippen LogP contribution in [0.3, 0.4) is 0 Å². The molecule has 0 spiro atoms. The second kappa shape index (κ2) is 7.23. The van der Waals surface area contributed by atoms with Crippen LogP contribution in [0.5, 0.6) is 0 Å². The highest BCUT2D eigenvalue weighted by atomic mass is 35.5. The fraction of sp³-hybridized carbons (Fsp3) is 0. The monoisotopic (exact) mass is 427 g/mol. The zero-order valence-electron chi connectivity index (χ0n) is 14.8. The van der Waals surface area contributed by atoms with Crippen LogP contribution >= 0.6 is 11.6 Å². The fourth-order valence-corrected chi connectivity index (χ4v) is 4.43. The molecule has 0 amide bonds. The minimum Gasteiger partial charge on any atom is -0.358 e. The van der Waals surface area contributed by atoms with Crippen LogP contribution in [0.1, 0.15) is 0 Å². The molecule has 0 aliphatic rings. The first-order chi connectivity index (χ1) is 13.9. The van der Waals surface area contributed by atoms with Gasteiger partial charge in [-0.15, -0.1) is 0 Å². The van der Waals surface area contributed by atoms with E-state index in [0.717, 1.165) is 23.3 Å². The fourth-order valence-electron chi connectivity index (χ4n) is 3.10. The molecular weight excluding hydrogens is 414 g/mol. The van der Waals surface area contributed by atoms with Gasteiger partial charge >= 0.3 is 0 Å². The molecular formula is C20H14ClN3O4S. The molecule has 0 unspecified atom stereocenters. The third-order valence-electron chi connectivity index (χ3n) is 4.47. The van der Waals surface area contributed by atoms with Crippen LogP contribution in [0.4, 0.5) is 11.4 Å². The van der Waals surface area contributed by atoms with E-state index in [0.29, 0.717) is 21.6 Å². The van der Waals surface area contributed by atoms with Gasteiger partial charge in [-0.25, -0.2) is 8.42 Å². The normalized spacial score (nSPS) is 11.5. The number of nitro groups is 1. The summed E-state index contributed by atoms with van der Waals surface area (Å²) in [6.45, 7) is 0. The standard InChI is InChI=1S/C20H14ClN3O4S/c21-17-12-22-20-18(11-10-16(19(17)20)13-4-2-1-3-5-13)23-29(27,28)15-8-6-14(7-9-15)24(25)26/h1-12,22-23H. The average molecular weight is 428 g/mol. The molecule has 146 valence electrons. The molecule has 4 rings (SSSR count). The molecule has 9 heteroatoms. The summed E-state index contributed by atoms with van der Waals surface area (Å²) < 4.78 is 28.1. The maximum absolute atomic E-state index is 12.8. The zero-order chi connectivity index (χ0) is 20.6. The van der Waals surface area contributed by atoms with E-state index in [1.807, 2.05) is 30.3 Å². The van der Waals surface area contributed by atoms with Gasteiger partial charge in [-0.1, -0.05) is 48.0 Å². The lowest BCUT2D eigenvalue weighted by atomic mass is 10.0. The van der Waals surface area contributed by atoms with Crippen LogP contribution in [0.2, 0.25) is 5.02 Å². The maximum atomic E-state index is 12.8. The van der Waals surface area contributed by atoms with Crippen LogP contribution in [0, 0.1) is 10.1 Å². The zero-order valence-corrected chi connectivity index (χ0v) is 16.4. The number of aromatic nitrogens is 1. The predicted octanol–water partition coefficient (Wildman–Crippen LogP) is 5.20. The van der Waals surface area contributed by atoms with E-state index in [9.17, 15) is 18.5 Å². The molecule has 4 aromatic rings. The van der Waals surface area contributed by atoms with E-state index in [2.05, 4.69) is 9.71 Å². The number of non-ortho nitro benzene ring substituents is 1. The molecule has 0 saturated heterocycles. The van der Waals surface area contributed by atoms with Gasteiger partial charge in [-0.05, 0) is 29.3 Å². The molecule has 1 aromatic heterocycles. The highest BCUT2D eigenvalue weighted by molar-refractivity contribution is 7.92. The van der Waals surface area contributed by atoms with Crippen molar-refractivity contribution in [1.82, 2.24) is 4.98 Å². The summed E-state index contributed by atoms with van der Waals surface area (Å²) in [5.74, 6) is 0. The Morgan fingerprint density at radius 3 is 2.31 bits per heavy atom. The minimum absolute atomic E-state index is 0.0824. The van der Waals surface area contributed by atoms with Crippen molar-refractivity contribution < 1.29 is 13.3 Å². The number of H-pyrrole nitrogens is 1. The number of rotatable bonds is 5. The number of aromatic amines is 1. The van der Waals surface area contributed by atoms with Gasteiger partial charge in [0.2, 0.25) is 0 Å². The Balaban J connectivity index is 1.76. The van der Waals surface area contributed by atoms with Crippen molar-refractivity contribution in [1.29, 1.82) is 0 Å². The van der Waals surface area contributed by atoms with E-state index in [4.69, 9.17) is 11.6 Å². The third-order valence-corrected chi connectivity index (χ3v) is 6.15. The Bertz CT molecular complexity index is 1320. The van der Waals surface area contributed by atoms with Crippen LogP contribution in [-0.4, -0.2) is 18.3 Å². The highest BCUT2D eigenvalue weighted by Crippen LogP contribution is 2.38. The first-order valence-electron chi connectivity index (χ1n) is 8.49. The Morgan fingerprint density at radius 2 is 1.66 bits per heavy atom. The van der Waals surface area contributed by atoms with E-state index < -0.39 is 14.9 Å². The number of nitrogens with zero attached hydrogens (tertiary/aromatic N) is 1. The molecule has 0 bridgehead atoms. The van der Waals surface area contributed by atoms with Crippen LogP contribution in [-0.2, 0) is 10.0 Å². The number of anilines is 1. The van der Waals surface area contributed by atoms with Gasteiger partial charge in [0.25, 0.3) is 15.7 Å². The first-order valence-corrected chi connectivity index (χ1v) is 10.4. The van der Waals surface area contributed by atoms with Crippen molar-refractivity contribution in [3.8, 4) is 11.1 Å². The van der Waals surface area contributed by atoms with Crippen molar-refractivity contribution in [3.05, 3.63) is 88.1 Å². The summed E-state index contributed by atoms with van der Waals surface area (Å²) >= 11 is 6.36. The SMILES string of the molecule is O=[N+]([O-])c1ccc(S(=O)(=O)Nc2ccc(-c3ccccc3)c3c(Cl)c[nH]c23)cc1. The summed E-state index contributed by atoms with van der Waals surface area (Å²) in [5, 5.41) is 11.9. The van der Waals surface area contributed by atoms with Crippen LogP contribution < -0.4 is 4.72 Å². The van der Waals surface area contributed by atoms with Gasteiger partial charge in [0, 0.05) is 23.7 Å². The molecule has 2 N–H and O–H groups in total. The van der Waals surface area contributed by atoms with Crippen molar-refractivity contribution in [2.24, 2.45) is 0 Å². The lowest BCUT2D eigenvalue weighted by Crippen LogP contribution is -2.13. The Labute approximate surface area is 171 Å². The lowest BCUT2D eigenvalue weighted by molar-refractivity contribution is -0.384. The number of benzene rings is 3. The molecule has 0 saturated carbocycles. The molecule has 0 fully saturated rings. The first kappa shape index (κ1) is 19.0. The lowest BCUT2D eigenvalue weighted by Gasteiger charge is -2.12. The average Bonchev–Trinajstić information content (AvgIpc) is 3.11. The van der Waals surface area contributed by atoms with Gasteiger partial charge in [0.1, 0.15) is 0 Å². The second-order valence-corrected chi connectivity index (χ2v) is 8.36. The molecule has 0 aliphatic heterocycles. The third kappa shape index (κ3) is 3.55. The topological polar surface area (TPSA) is 105 Å². The Morgan fingerprint density at radius 1 is 0.966 bits per heavy atom. The second-order valence-electron chi connectivity index (χ2n) is 6.27. The number of halogens is 1. The van der Waals surface area contributed by atoms with Crippen molar-refractivity contribution in [2.75, 3.05) is 4.72 Å². The number of hydrogen-bond acceptors (Lipinski definition) is 4. The summed E-state index contributed by atoms with van der Waals surface area (Å²) in [4.78, 5) is 13.1. The molecule has 0 aliphatic carbocycles. The van der Waals surface area contributed by atoms with Crippen molar-refractivity contribution >= 4 is 43.9 Å². The number of nitro benzene ring substituents is 1. The van der Waals surface area contributed by atoms with Gasteiger partial charge in [0.15, 0.2) is 0 Å². The van der Waals surface area contributed by atoms with Crippen LogP contribution in [0.25, 0.3) is 22.0 Å². The van der Waals surface area contributed by atoms with Crippen molar-refractivity contribution in [2.45, 2.75) is 4.90 Å². The van der Waals surface area contributed by atoms with Crippen molar-refractivity contribution in [3.63, 3.8) is 0 Å². The van der Waals surface area contributed by atoms with Gasteiger partial charge in [-0.2, -0.15) is 0 Å². The molecule has 7 nitrogen and oxygen atoms in total. The molecule has 29 heavy (non-hydrogen) atoms. The number of hydrogen-bond donors (Lipinski definition) is 2. The molecule has 0 radical (unpaired) electrons. The summed E-state index contributed by atoms with van der Waals surface area (Å²) in [5.41, 5.74) is 2.50. The summed E-state index contributed by atoms with van der Waals surface area (Å²) in [6, 6.07) is 17.7. The molecule has 1 heterocycles. The Kier molecular flexibility index (Phi) is 4.73. The van der Waals surface area contributed by atoms with Gasteiger partial charge in [-0.3, -0.25) is 14.8 Å². The largest absolute Gasteiger partial charge is 0.358 e. The molecule has 0 atom stereocenters. The van der Waals surface area contributed by atoms with Crippen LogP contribution in [0.15, 0.2) is 77.8 Å². The van der Waals surface area contributed by atoms with Gasteiger partial charge < -0.3 is 4.98 Å². The van der Waals surface area contributed by atoms with Gasteiger partial charge in [0.05, 0.1) is 26.0 Å². The number of sulfonamides is 1. The predicted molar refractivity (Wildman–Crippen MR) is 113 cm³/mol. The number of nitrogens with one attached hydrogen (secondary N) is 2. The Hall–Kier alpha value is -3.36. The van der Waals surface area contributed by atoms with E-state index >= 15 is 0 Å².